The van der Waals surface area contributed by atoms with Gasteiger partial charge in [0.1, 0.15) is 12.7 Å². The second-order valence-corrected chi connectivity index (χ2v) is 7.94. The highest BCUT2D eigenvalue weighted by atomic mass is 16.5. The second kappa shape index (κ2) is 9.18. The number of hydrogen-bond acceptors (Lipinski definition) is 3. The van der Waals surface area contributed by atoms with Crippen molar-refractivity contribution in [3.05, 3.63) is 70.3 Å². The fraction of sp³-hybridized carbons (Fsp3) is 0.458. The zero-order chi connectivity index (χ0) is 21.0. The zero-order valence-corrected chi connectivity index (χ0v) is 17.2. The molecule has 1 N–H and O–H groups in total. The normalized spacial score (nSPS) is 14.4. The molecule has 1 unspecified atom stereocenters. The van der Waals surface area contributed by atoms with Crippen molar-refractivity contribution in [2.45, 2.75) is 65.4 Å². The molecule has 146 valence electrons. The SMILES string of the molecule is [2H][C@H](OC(=O)c1c(C(C)C)cc(C(C)C)cc1C(C)C)C(O)c1ccccc1. The third kappa shape index (κ3) is 5.20. The first-order valence-corrected chi connectivity index (χ1v) is 9.67. The van der Waals surface area contributed by atoms with Crippen LogP contribution in [0.3, 0.4) is 0 Å². The van der Waals surface area contributed by atoms with Gasteiger partial charge in [0, 0.05) is 0 Å². The molecule has 0 aliphatic rings. The lowest BCUT2D eigenvalue weighted by Crippen LogP contribution is -2.18. The predicted octanol–water partition coefficient (Wildman–Crippen LogP) is 5.95. The van der Waals surface area contributed by atoms with E-state index in [4.69, 9.17) is 6.11 Å². The molecular weight excluding hydrogens is 336 g/mol. The molecule has 0 saturated carbocycles. The topological polar surface area (TPSA) is 46.5 Å². The van der Waals surface area contributed by atoms with Crippen LogP contribution in [0.2, 0.25) is 0 Å². The van der Waals surface area contributed by atoms with Crippen molar-refractivity contribution < 1.29 is 16.0 Å². The fourth-order valence-electron chi connectivity index (χ4n) is 3.11. The molecule has 0 saturated heterocycles. The van der Waals surface area contributed by atoms with E-state index in [1.54, 1.807) is 24.3 Å². The number of esters is 1. The number of carbonyl (C=O) groups is 1. The van der Waals surface area contributed by atoms with E-state index in [0.29, 0.717) is 17.0 Å². The van der Waals surface area contributed by atoms with Gasteiger partial charge in [0.25, 0.3) is 0 Å². The van der Waals surface area contributed by atoms with Crippen LogP contribution in [0.25, 0.3) is 0 Å². The molecule has 2 rings (SSSR count). The molecule has 2 aromatic rings. The summed E-state index contributed by atoms with van der Waals surface area (Å²) >= 11 is 0. The van der Waals surface area contributed by atoms with Gasteiger partial charge in [-0.05, 0) is 40.0 Å². The van der Waals surface area contributed by atoms with E-state index < -0.39 is 18.7 Å². The van der Waals surface area contributed by atoms with Crippen LogP contribution in [0.1, 0.15) is 99.4 Å². The molecular formula is C24H32O3. The van der Waals surface area contributed by atoms with E-state index in [9.17, 15) is 9.90 Å². The molecule has 3 heteroatoms. The fourth-order valence-corrected chi connectivity index (χ4v) is 3.11. The Kier molecular flexibility index (Phi) is 6.68. The lowest BCUT2D eigenvalue weighted by molar-refractivity contribution is 0.0251. The summed E-state index contributed by atoms with van der Waals surface area (Å²) in [5.74, 6) is 0.0885. The highest BCUT2D eigenvalue weighted by Gasteiger charge is 2.24. The highest BCUT2D eigenvalue weighted by molar-refractivity contribution is 5.93. The number of aliphatic hydroxyl groups excluding tert-OH is 1. The van der Waals surface area contributed by atoms with Gasteiger partial charge in [-0.15, -0.1) is 0 Å². The van der Waals surface area contributed by atoms with Gasteiger partial charge >= 0.3 is 5.97 Å². The zero-order valence-electron chi connectivity index (χ0n) is 18.2. The second-order valence-electron chi connectivity index (χ2n) is 7.94. The molecule has 0 heterocycles. The number of aliphatic hydroxyl groups is 1. The van der Waals surface area contributed by atoms with Crippen LogP contribution in [0.15, 0.2) is 42.5 Å². The number of benzene rings is 2. The van der Waals surface area contributed by atoms with Crippen LogP contribution in [-0.4, -0.2) is 17.7 Å². The average molecular weight is 370 g/mol. The van der Waals surface area contributed by atoms with Crippen LogP contribution >= 0.6 is 0 Å². The molecule has 3 nitrogen and oxygen atoms in total. The smallest absolute Gasteiger partial charge is 0.338 e. The molecule has 0 fully saturated rings. The van der Waals surface area contributed by atoms with Crippen molar-refractivity contribution in [2.24, 2.45) is 0 Å². The third-order valence-electron chi connectivity index (χ3n) is 4.78. The Hall–Kier alpha value is -2.13. The van der Waals surface area contributed by atoms with Gasteiger partial charge in [-0.3, -0.25) is 0 Å². The van der Waals surface area contributed by atoms with Gasteiger partial charge in [0.15, 0.2) is 0 Å². The maximum absolute atomic E-state index is 13.1. The first-order valence-electron chi connectivity index (χ1n) is 10.2. The Bertz CT molecular complexity index is 768. The van der Waals surface area contributed by atoms with Crippen molar-refractivity contribution >= 4 is 5.97 Å². The van der Waals surface area contributed by atoms with Crippen molar-refractivity contribution in [3.8, 4) is 0 Å². The summed E-state index contributed by atoms with van der Waals surface area (Å²) in [4.78, 5) is 13.1. The molecule has 2 aromatic carbocycles. The standard InChI is InChI=1S/C24H32O3/c1-15(2)19-12-20(16(3)4)23(21(13-19)17(5)6)24(26)27-14-22(25)18-10-8-7-9-11-18/h7-13,15-17,22,25H,14H2,1-6H3/i14D/t14-,22?/m0/s1. The summed E-state index contributed by atoms with van der Waals surface area (Å²) in [6.07, 6.45) is -1.19. The number of carbonyl (C=O) groups excluding carboxylic acids is 1. The highest BCUT2D eigenvalue weighted by Crippen LogP contribution is 2.32. The predicted molar refractivity (Wildman–Crippen MR) is 110 cm³/mol. The summed E-state index contributed by atoms with van der Waals surface area (Å²) in [6, 6.07) is 13.0. The van der Waals surface area contributed by atoms with E-state index in [1.807, 2.05) is 6.07 Å². The van der Waals surface area contributed by atoms with Crippen LogP contribution < -0.4 is 0 Å². The van der Waals surface area contributed by atoms with E-state index in [2.05, 4.69) is 53.7 Å². The number of rotatable bonds is 7. The molecule has 0 aliphatic carbocycles. The van der Waals surface area contributed by atoms with E-state index in [-0.39, 0.29) is 11.8 Å². The Balaban J connectivity index is 2.40. The summed E-state index contributed by atoms with van der Waals surface area (Å²) in [5, 5.41) is 10.4. The first kappa shape index (κ1) is 19.6. The quantitative estimate of drug-likeness (QED) is 0.614. The van der Waals surface area contributed by atoms with Crippen LogP contribution in [-0.2, 0) is 4.74 Å². The van der Waals surface area contributed by atoms with Crippen molar-refractivity contribution in [3.63, 3.8) is 0 Å². The molecule has 0 spiro atoms. The Morgan fingerprint density at radius 3 is 1.89 bits per heavy atom. The lowest BCUT2D eigenvalue weighted by atomic mass is 9.84. The Morgan fingerprint density at radius 2 is 1.44 bits per heavy atom. The molecule has 27 heavy (non-hydrogen) atoms. The Morgan fingerprint density at radius 1 is 0.926 bits per heavy atom. The van der Waals surface area contributed by atoms with Gasteiger partial charge in [0.05, 0.1) is 6.93 Å². The van der Waals surface area contributed by atoms with E-state index in [0.717, 1.165) is 11.1 Å². The van der Waals surface area contributed by atoms with Crippen molar-refractivity contribution in [1.29, 1.82) is 0 Å². The van der Waals surface area contributed by atoms with Gasteiger partial charge in [-0.2, -0.15) is 0 Å². The minimum absolute atomic E-state index is 0.141. The largest absolute Gasteiger partial charge is 0.459 e. The Labute approximate surface area is 164 Å². The summed E-state index contributed by atoms with van der Waals surface area (Å²) in [5.41, 5.74) is 4.14. The van der Waals surface area contributed by atoms with Crippen LogP contribution in [0.5, 0.6) is 0 Å². The molecule has 0 aliphatic heterocycles. The molecule has 0 amide bonds. The van der Waals surface area contributed by atoms with E-state index >= 15 is 0 Å². The maximum Gasteiger partial charge on any atom is 0.338 e. The minimum atomic E-state index is -1.39. The molecule has 0 bridgehead atoms. The number of hydrogen-bond donors (Lipinski definition) is 1. The third-order valence-corrected chi connectivity index (χ3v) is 4.78. The van der Waals surface area contributed by atoms with Crippen molar-refractivity contribution in [1.82, 2.24) is 0 Å². The van der Waals surface area contributed by atoms with E-state index in [1.165, 1.54) is 5.56 Å². The van der Waals surface area contributed by atoms with Gasteiger partial charge in [-0.1, -0.05) is 84.0 Å². The van der Waals surface area contributed by atoms with Crippen LogP contribution in [0, 0.1) is 0 Å². The maximum atomic E-state index is 13.1. The monoisotopic (exact) mass is 369 g/mol. The van der Waals surface area contributed by atoms with Crippen molar-refractivity contribution in [2.75, 3.05) is 6.58 Å². The van der Waals surface area contributed by atoms with Gasteiger partial charge in [0.2, 0.25) is 0 Å². The van der Waals surface area contributed by atoms with Gasteiger partial charge < -0.3 is 9.84 Å². The minimum Gasteiger partial charge on any atom is -0.459 e. The summed E-state index contributed by atoms with van der Waals surface area (Å²) in [7, 11) is 0. The molecule has 0 radical (unpaired) electrons. The molecule has 0 aromatic heterocycles. The summed E-state index contributed by atoms with van der Waals surface area (Å²) in [6.45, 7) is 11.1. The first-order chi connectivity index (χ1) is 13.1. The van der Waals surface area contributed by atoms with Crippen LogP contribution in [0.4, 0.5) is 0 Å². The lowest BCUT2D eigenvalue weighted by Gasteiger charge is -2.22. The average Bonchev–Trinajstić information content (AvgIpc) is 2.66. The number of ether oxygens (including phenoxy) is 1. The molecule has 2 atom stereocenters. The van der Waals surface area contributed by atoms with Gasteiger partial charge in [-0.25, -0.2) is 4.79 Å². The summed E-state index contributed by atoms with van der Waals surface area (Å²) < 4.78 is 13.6.